The fourth-order valence-corrected chi connectivity index (χ4v) is 2.88. The van der Waals surface area contributed by atoms with E-state index in [1.807, 2.05) is 12.1 Å². The van der Waals surface area contributed by atoms with E-state index in [2.05, 4.69) is 15.9 Å². The van der Waals surface area contributed by atoms with Gasteiger partial charge in [-0.1, -0.05) is 40.2 Å². The summed E-state index contributed by atoms with van der Waals surface area (Å²) in [7, 11) is 0. The molecule has 122 valence electrons. The van der Waals surface area contributed by atoms with E-state index < -0.39 is 11.9 Å². The summed E-state index contributed by atoms with van der Waals surface area (Å²) in [4.78, 5) is 25.3. The third-order valence-electron chi connectivity index (χ3n) is 3.74. The summed E-state index contributed by atoms with van der Waals surface area (Å²) in [6.45, 7) is 1.98. The molecule has 0 bridgehead atoms. The molecule has 24 heavy (non-hydrogen) atoms. The van der Waals surface area contributed by atoms with Crippen molar-refractivity contribution in [3.63, 3.8) is 0 Å². The minimum absolute atomic E-state index is 0.224. The van der Waals surface area contributed by atoms with Gasteiger partial charge in [-0.05, 0) is 36.8 Å². The van der Waals surface area contributed by atoms with Gasteiger partial charge in [0, 0.05) is 4.47 Å². The van der Waals surface area contributed by atoms with E-state index in [-0.39, 0.29) is 17.6 Å². The number of para-hydroxylation sites is 1. The van der Waals surface area contributed by atoms with Crippen LogP contribution in [0, 0.1) is 0 Å². The van der Waals surface area contributed by atoms with Crippen molar-refractivity contribution in [2.45, 2.75) is 12.8 Å². The number of hydrogen-bond acceptors (Lipinski definition) is 4. The van der Waals surface area contributed by atoms with Crippen LogP contribution >= 0.6 is 15.9 Å². The fraction of sp³-hybridized carbons (Fsp3) is 0.158. The van der Waals surface area contributed by atoms with Crippen LogP contribution in [0.4, 0.5) is 0 Å². The largest absolute Gasteiger partial charge is 0.465 e. The predicted octanol–water partition coefficient (Wildman–Crippen LogP) is 4.25. The molecule has 2 aromatic carbocycles. The third kappa shape index (κ3) is 3.12. The van der Waals surface area contributed by atoms with Crippen molar-refractivity contribution in [2.75, 3.05) is 6.61 Å². The van der Waals surface area contributed by atoms with Gasteiger partial charge in [-0.15, -0.1) is 0 Å². The zero-order valence-corrected chi connectivity index (χ0v) is 14.6. The molecule has 1 heterocycles. The molecule has 0 aliphatic rings. The van der Waals surface area contributed by atoms with Crippen LogP contribution in [0.15, 0.2) is 68.5 Å². The molecule has 0 radical (unpaired) electrons. The molecule has 0 aliphatic heterocycles. The third-order valence-corrected chi connectivity index (χ3v) is 4.27. The average molecular weight is 387 g/mol. The molecular formula is C19H15BrO4. The molecule has 0 saturated heterocycles. The Kier molecular flexibility index (Phi) is 4.81. The van der Waals surface area contributed by atoms with E-state index in [1.54, 1.807) is 43.3 Å². The zero-order chi connectivity index (χ0) is 17.1. The van der Waals surface area contributed by atoms with Crippen molar-refractivity contribution >= 4 is 32.9 Å². The Hall–Kier alpha value is -2.40. The van der Waals surface area contributed by atoms with Gasteiger partial charge in [-0.25, -0.2) is 0 Å². The summed E-state index contributed by atoms with van der Waals surface area (Å²) >= 11 is 3.37. The highest BCUT2D eigenvalue weighted by atomic mass is 79.9. The number of ether oxygens (including phenoxy) is 1. The van der Waals surface area contributed by atoms with E-state index in [1.165, 1.54) is 6.26 Å². The number of carbonyl (C=O) groups excluding carboxylic acids is 1. The Balaban J connectivity index is 2.18. The minimum Gasteiger partial charge on any atom is -0.465 e. The standard InChI is InChI=1S/C19H15BrO4/c1-2-23-19(22)17(12-7-9-13(20)10-8-12)15-11-24-16-6-4-3-5-14(16)18(15)21/h3-11,17H,2H2,1H3/t17-/m1/s1. The smallest absolute Gasteiger partial charge is 0.318 e. The number of rotatable bonds is 4. The first-order valence-corrected chi connectivity index (χ1v) is 8.33. The lowest BCUT2D eigenvalue weighted by Crippen LogP contribution is -2.23. The molecule has 0 spiro atoms. The molecule has 0 unspecified atom stereocenters. The molecule has 1 aromatic heterocycles. The molecule has 3 aromatic rings. The van der Waals surface area contributed by atoms with Gasteiger partial charge in [0.25, 0.3) is 0 Å². The van der Waals surface area contributed by atoms with E-state index >= 15 is 0 Å². The predicted molar refractivity (Wildman–Crippen MR) is 95.1 cm³/mol. The molecule has 0 amide bonds. The van der Waals surface area contributed by atoms with Gasteiger partial charge in [-0.2, -0.15) is 0 Å². The number of esters is 1. The monoisotopic (exact) mass is 386 g/mol. The van der Waals surface area contributed by atoms with E-state index in [0.717, 1.165) is 4.47 Å². The molecule has 0 aliphatic carbocycles. The summed E-state index contributed by atoms with van der Waals surface area (Å²) < 4.78 is 11.6. The van der Waals surface area contributed by atoms with Gasteiger partial charge < -0.3 is 9.15 Å². The van der Waals surface area contributed by atoms with Crippen LogP contribution in [0.25, 0.3) is 11.0 Å². The van der Waals surface area contributed by atoms with E-state index in [4.69, 9.17) is 9.15 Å². The number of halogens is 1. The SMILES string of the molecule is CCOC(=O)[C@H](c1ccc(Br)cc1)c1coc2ccccc2c1=O. The second-order valence-electron chi connectivity index (χ2n) is 5.25. The highest BCUT2D eigenvalue weighted by molar-refractivity contribution is 9.10. The summed E-state index contributed by atoms with van der Waals surface area (Å²) in [5, 5.41) is 0.446. The van der Waals surface area contributed by atoms with Crippen LogP contribution in [0.3, 0.4) is 0 Å². The highest BCUT2D eigenvalue weighted by Crippen LogP contribution is 2.27. The van der Waals surface area contributed by atoms with Gasteiger partial charge in [-0.3, -0.25) is 9.59 Å². The Bertz CT molecular complexity index is 928. The Labute approximate surface area is 147 Å². The maximum absolute atomic E-state index is 12.8. The summed E-state index contributed by atoms with van der Waals surface area (Å²) in [6.07, 6.45) is 1.36. The topological polar surface area (TPSA) is 56.5 Å². The molecule has 0 saturated carbocycles. The Morgan fingerprint density at radius 2 is 1.88 bits per heavy atom. The molecule has 1 atom stereocenters. The van der Waals surface area contributed by atoms with Crippen molar-refractivity contribution in [1.29, 1.82) is 0 Å². The number of carbonyl (C=O) groups is 1. The van der Waals surface area contributed by atoms with Gasteiger partial charge in [0.2, 0.25) is 0 Å². The fourth-order valence-electron chi connectivity index (χ4n) is 2.62. The minimum atomic E-state index is -0.820. The van der Waals surface area contributed by atoms with Crippen molar-refractivity contribution < 1.29 is 13.9 Å². The molecule has 5 heteroatoms. The van der Waals surface area contributed by atoms with Gasteiger partial charge in [0.05, 0.1) is 23.8 Å². The summed E-state index contributed by atoms with van der Waals surface area (Å²) in [5.74, 6) is -1.29. The lowest BCUT2D eigenvalue weighted by atomic mass is 9.91. The second kappa shape index (κ2) is 7.01. The van der Waals surface area contributed by atoms with Crippen molar-refractivity contribution in [1.82, 2.24) is 0 Å². The highest BCUT2D eigenvalue weighted by Gasteiger charge is 2.28. The first-order chi connectivity index (χ1) is 11.6. The van der Waals surface area contributed by atoms with E-state index in [9.17, 15) is 9.59 Å². The first kappa shape index (κ1) is 16.5. The quantitative estimate of drug-likeness (QED) is 0.628. The van der Waals surface area contributed by atoms with Crippen molar-refractivity contribution in [3.05, 3.63) is 80.6 Å². The summed E-state index contributed by atoms with van der Waals surface area (Å²) in [6, 6.07) is 14.2. The maximum Gasteiger partial charge on any atom is 0.318 e. The molecule has 0 N–H and O–H groups in total. The Morgan fingerprint density at radius 3 is 2.58 bits per heavy atom. The van der Waals surface area contributed by atoms with Gasteiger partial charge in [0.1, 0.15) is 11.5 Å². The number of benzene rings is 2. The normalized spacial score (nSPS) is 12.1. The number of hydrogen-bond donors (Lipinski definition) is 0. The molecular weight excluding hydrogens is 372 g/mol. The van der Waals surface area contributed by atoms with Gasteiger partial charge in [0.15, 0.2) is 5.43 Å². The van der Waals surface area contributed by atoms with Crippen molar-refractivity contribution in [3.8, 4) is 0 Å². The van der Waals surface area contributed by atoms with Crippen LogP contribution in [0.5, 0.6) is 0 Å². The van der Waals surface area contributed by atoms with Crippen molar-refractivity contribution in [2.24, 2.45) is 0 Å². The molecule has 4 nitrogen and oxygen atoms in total. The van der Waals surface area contributed by atoms with Gasteiger partial charge >= 0.3 is 5.97 Å². The zero-order valence-electron chi connectivity index (χ0n) is 13.0. The molecule has 0 fully saturated rings. The number of fused-ring (bicyclic) bond motifs is 1. The molecule has 3 rings (SSSR count). The van der Waals surface area contributed by atoms with Crippen LogP contribution in [-0.2, 0) is 9.53 Å². The van der Waals surface area contributed by atoms with Crippen LogP contribution in [-0.4, -0.2) is 12.6 Å². The Morgan fingerprint density at radius 1 is 1.17 bits per heavy atom. The average Bonchev–Trinajstić information content (AvgIpc) is 2.59. The lowest BCUT2D eigenvalue weighted by molar-refractivity contribution is -0.143. The lowest BCUT2D eigenvalue weighted by Gasteiger charge is -2.16. The van der Waals surface area contributed by atoms with E-state index in [0.29, 0.717) is 16.5 Å². The maximum atomic E-state index is 12.8. The first-order valence-electron chi connectivity index (χ1n) is 7.54. The van der Waals surface area contributed by atoms with Crippen LogP contribution in [0.2, 0.25) is 0 Å². The second-order valence-corrected chi connectivity index (χ2v) is 6.17. The van der Waals surface area contributed by atoms with Crippen LogP contribution < -0.4 is 5.43 Å². The van der Waals surface area contributed by atoms with Crippen LogP contribution in [0.1, 0.15) is 24.0 Å². The summed E-state index contributed by atoms with van der Waals surface area (Å²) in [5.41, 5.74) is 1.22.